The summed E-state index contributed by atoms with van der Waals surface area (Å²) in [4.78, 5) is 13.7. The lowest BCUT2D eigenvalue weighted by Gasteiger charge is -2.44. The largest absolute Gasteiger partial charge is 0.496 e. The van der Waals surface area contributed by atoms with E-state index in [0.29, 0.717) is 11.5 Å². The zero-order valence-electron chi connectivity index (χ0n) is 18.2. The van der Waals surface area contributed by atoms with Crippen LogP contribution in [0.3, 0.4) is 0 Å². The Labute approximate surface area is 187 Å². The van der Waals surface area contributed by atoms with Gasteiger partial charge in [0.1, 0.15) is 23.7 Å². The highest BCUT2D eigenvalue weighted by Gasteiger charge is 2.33. The number of nitrogens with one attached hydrogen (secondary N) is 1. The molecule has 0 saturated carbocycles. The summed E-state index contributed by atoms with van der Waals surface area (Å²) >= 11 is 5.92. The lowest BCUT2D eigenvalue weighted by molar-refractivity contribution is 0.0591. The van der Waals surface area contributed by atoms with Gasteiger partial charge in [-0.15, -0.1) is 0 Å². The Kier molecular flexibility index (Phi) is 6.01. The minimum Gasteiger partial charge on any atom is -0.496 e. The number of likely N-dealkylation sites (N-methyl/N-ethyl adjacent to an activating group) is 1. The average molecular weight is 444 g/mol. The number of halogens is 2. The van der Waals surface area contributed by atoms with E-state index in [1.54, 1.807) is 13.2 Å². The van der Waals surface area contributed by atoms with Crippen molar-refractivity contribution in [3.63, 3.8) is 0 Å². The van der Waals surface area contributed by atoms with Gasteiger partial charge in [-0.25, -0.2) is 14.4 Å². The standard InChI is InChI=1S/C23H27ClFN5O/c1-23(2,30-9-7-29(3)8-10-30)17-13-20-16(12-21(17)31-4)22(27-14-26-20)28-15-5-6-19(25)18(24)11-15/h5-6,11-14H,7-10H2,1-4H3,(H,26,27,28). The second-order valence-electron chi connectivity index (χ2n) is 8.40. The number of rotatable bonds is 5. The summed E-state index contributed by atoms with van der Waals surface area (Å²) in [7, 11) is 3.84. The molecule has 2 heterocycles. The molecule has 1 fully saturated rings. The molecule has 1 N–H and O–H groups in total. The van der Waals surface area contributed by atoms with Crippen LogP contribution < -0.4 is 10.1 Å². The molecule has 6 nitrogen and oxygen atoms in total. The Bertz CT molecular complexity index is 1100. The summed E-state index contributed by atoms with van der Waals surface area (Å²) in [5, 5.41) is 4.09. The van der Waals surface area contributed by atoms with Crippen LogP contribution in [0.4, 0.5) is 15.9 Å². The minimum absolute atomic E-state index is 0.0529. The molecule has 1 aliphatic heterocycles. The molecular formula is C23H27ClFN5O. The van der Waals surface area contributed by atoms with Crippen LogP contribution in [0.2, 0.25) is 5.02 Å². The first-order valence-electron chi connectivity index (χ1n) is 10.3. The van der Waals surface area contributed by atoms with Crippen LogP contribution in [0.5, 0.6) is 5.75 Å². The normalized spacial score (nSPS) is 15.9. The fourth-order valence-corrected chi connectivity index (χ4v) is 4.26. The molecule has 0 unspecified atom stereocenters. The second kappa shape index (κ2) is 8.57. The first kappa shape index (κ1) is 21.7. The number of methoxy groups -OCH3 is 1. The minimum atomic E-state index is -0.461. The van der Waals surface area contributed by atoms with Crippen LogP contribution in [-0.2, 0) is 5.54 Å². The van der Waals surface area contributed by atoms with E-state index in [2.05, 4.69) is 52.0 Å². The van der Waals surface area contributed by atoms with Gasteiger partial charge in [0.2, 0.25) is 0 Å². The van der Waals surface area contributed by atoms with Gasteiger partial charge in [0.05, 0.1) is 17.6 Å². The molecule has 0 atom stereocenters. The van der Waals surface area contributed by atoms with Crippen LogP contribution in [0.25, 0.3) is 10.9 Å². The van der Waals surface area contributed by atoms with Crippen LogP contribution in [-0.4, -0.2) is 60.1 Å². The maximum Gasteiger partial charge on any atom is 0.141 e. The van der Waals surface area contributed by atoms with E-state index in [4.69, 9.17) is 16.3 Å². The van der Waals surface area contributed by atoms with Gasteiger partial charge in [-0.2, -0.15) is 0 Å². The molecule has 3 aromatic rings. The van der Waals surface area contributed by atoms with Crippen molar-refractivity contribution in [3.8, 4) is 5.75 Å². The summed E-state index contributed by atoms with van der Waals surface area (Å²) in [6.07, 6.45) is 1.52. The third-order valence-corrected chi connectivity index (χ3v) is 6.38. The van der Waals surface area contributed by atoms with Crippen molar-refractivity contribution in [1.29, 1.82) is 0 Å². The molecule has 0 radical (unpaired) electrons. The van der Waals surface area contributed by atoms with Gasteiger partial charge in [-0.3, -0.25) is 4.90 Å². The third-order valence-electron chi connectivity index (χ3n) is 6.09. The zero-order chi connectivity index (χ0) is 22.2. The average Bonchev–Trinajstić information content (AvgIpc) is 2.76. The number of hydrogen-bond donors (Lipinski definition) is 1. The molecular weight excluding hydrogens is 417 g/mol. The number of ether oxygens (including phenoxy) is 1. The van der Waals surface area contributed by atoms with E-state index >= 15 is 0 Å². The summed E-state index contributed by atoms with van der Waals surface area (Å²) in [5.74, 6) is 0.929. The zero-order valence-corrected chi connectivity index (χ0v) is 19.0. The lowest BCUT2D eigenvalue weighted by Crippen LogP contribution is -2.52. The number of piperazine rings is 1. The summed E-state index contributed by atoms with van der Waals surface area (Å²) in [5.41, 5.74) is 2.32. The Hall–Kier alpha value is -2.48. The van der Waals surface area contributed by atoms with Crippen molar-refractivity contribution in [2.24, 2.45) is 0 Å². The lowest BCUT2D eigenvalue weighted by atomic mass is 9.89. The molecule has 0 aliphatic carbocycles. The number of hydrogen-bond acceptors (Lipinski definition) is 6. The Morgan fingerprint density at radius 2 is 1.84 bits per heavy atom. The number of aromatic nitrogens is 2. The van der Waals surface area contributed by atoms with Gasteiger partial charge in [0.25, 0.3) is 0 Å². The smallest absolute Gasteiger partial charge is 0.141 e. The molecule has 4 rings (SSSR count). The molecule has 1 aromatic heterocycles. The molecule has 31 heavy (non-hydrogen) atoms. The predicted octanol–water partition coefficient (Wildman–Crippen LogP) is 4.66. The van der Waals surface area contributed by atoms with E-state index in [9.17, 15) is 4.39 Å². The summed E-state index contributed by atoms with van der Waals surface area (Å²) in [6, 6.07) is 8.53. The summed E-state index contributed by atoms with van der Waals surface area (Å²) in [6.45, 7) is 8.51. The van der Waals surface area contributed by atoms with Crippen LogP contribution >= 0.6 is 11.6 Å². The number of fused-ring (bicyclic) bond motifs is 1. The Morgan fingerprint density at radius 3 is 2.52 bits per heavy atom. The molecule has 0 amide bonds. The molecule has 2 aromatic carbocycles. The number of anilines is 2. The molecule has 0 spiro atoms. The van der Waals surface area contributed by atoms with Crippen molar-refractivity contribution in [3.05, 3.63) is 53.1 Å². The Balaban J connectivity index is 1.73. The van der Waals surface area contributed by atoms with Crippen molar-refractivity contribution in [2.75, 3.05) is 45.7 Å². The van der Waals surface area contributed by atoms with Crippen LogP contribution in [0, 0.1) is 5.82 Å². The highest BCUT2D eigenvalue weighted by molar-refractivity contribution is 6.31. The second-order valence-corrected chi connectivity index (χ2v) is 8.80. The van der Waals surface area contributed by atoms with Gasteiger partial charge < -0.3 is 15.0 Å². The van der Waals surface area contributed by atoms with E-state index < -0.39 is 5.82 Å². The van der Waals surface area contributed by atoms with Crippen LogP contribution in [0.1, 0.15) is 19.4 Å². The van der Waals surface area contributed by atoms with Gasteiger partial charge in [0.15, 0.2) is 0 Å². The number of nitrogens with zero attached hydrogens (tertiary/aromatic N) is 4. The fourth-order valence-electron chi connectivity index (χ4n) is 4.08. The fraction of sp³-hybridized carbons (Fsp3) is 0.391. The van der Waals surface area contributed by atoms with E-state index in [1.165, 1.54) is 18.5 Å². The SMILES string of the molecule is COc1cc2c(Nc3ccc(F)c(Cl)c3)ncnc2cc1C(C)(C)N1CCN(C)CC1. The molecule has 1 saturated heterocycles. The van der Waals surface area contributed by atoms with E-state index in [-0.39, 0.29) is 10.6 Å². The van der Waals surface area contributed by atoms with Crippen molar-refractivity contribution in [1.82, 2.24) is 19.8 Å². The van der Waals surface area contributed by atoms with Gasteiger partial charge in [-0.05, 0) is 51.2 Å². The maximum absolute atomic E-state index is 13.5. The first-order chi connectivity index (χ1) is 14.8. The highest BCUT2D eigenvalue weighted by Crippen LogP contribution is 2.39. The van der Waals surface area contributed by atoms with Crippen LogP contribution in [0.15, 0.2) is 36.7 Å². The molecule has 164 valence electrons. The number of benzene rings is 2. The van der Waals surface area contributed by atoms with E-state index in [1.807, 2.05) is 6.07 Å². The topological polar surface area (TPSA) is 53.5 Å². The maximum atomic E-state index is 13.5. The monoisotopic (exact) mass is 443 g/mol. The van der Waals surface area contributed by atoms with E-state index in [0.717, 1.165) is 48.4 Å². The van der Waals surface area contributed by atoms with Gasteiger partial charge in [0, 0.05) is 48.4 Å². The highest BCUT2D eigenvalue weighted by atomic mass is 35.5. The van der Waals surface area contributed by atoms with Crippen molar-refractivity contribution in [2.45, 2.75) is 19.4 Å². The molecule has 8 heteroatoms. The predicted molar refractivity (Wildman–Crippen MR) is 123 cm³/mol. The van der Waals surface area contributed by atoms with Crippen molar-refractivity contribution >= 4 is 34.0 Å². The molecule has 1 aliphatic rings. The summed E-state index contributed by atoms with van der Waals surface area (Å²) < 4.78 is 19.3. The van der Waals surface area contributed by atoms with Crippen molar-refractivity contribution < 1.29 is 9.13 Å². The third kappa shape index (κ3) is 4.31. The van der Waals surface area contributed by atoms with Gasteiger partial charge in [-0.1, -0.05) is 11.6 Å². The Morgan fingerprint density at radius 1 is 1.10 bits per heavy atom. The molecule has 0 bridgehead atoms. The van der Waals surface area contributed by atoms with Gasteiger partial charge >= 0.3 is 0 Å². The first-order valence-corrected chi connectivity index (χ1v) is 10.7. The quantitative estimate of drug-likeness (QED) is 0.619.